The molecule has 0 bridgehead atoms. The van der Waals surface area contributed by atoms with Gasteiger partial charge in [0.15, 0.2) is 5.82 Å². The van der Waals surface area contributed by atoms with E-state index in [1.54, 1.807) is 0 Å². The van der Waals surface area contributed by atoms with Crippen molar-refractivity contribution >= 4 is 5.82 Å². The van der Waals surface area contributed by atoms with Gasteiger partial charge in [-0.1, -0.05) is 32.9 Å². The van der Waals surface area contributed by atoms with Crippen molar-refractivity contribution in [3.05, 3.63) is 29.3 Å². The van der Waals surface area contributed by atoms with Gasteiger partial charge in [-0.05, 0) is 13.8 Å². The van der Waals surface area contributed by atoms with Gasteiger partial charge in [-0.3, -0.25) is 4.90 Å². The Balaban J connectivity index is 1.65. The number of aryl methyl sites for hydroxylation is 1. The van der Waals surface area contributed by atoms with Gasteiger partial charge in [-0.25, -0.2) is 9.97 Å². The SMILES string of the molecule is Cc1cc(N2CCN([C@@H](C)c3nc(C(C)C)no3)CC2)nc(C(C)C)n1. The Morgan fingerprint density at radius 1 is 0.885 bits per heavy atom. The van der Waals surface area contributed by atoms with Gasteiger partial charge in [-0.2, -0.15) is 4.98 Å². The molecule has 142 valence electrons. The van der Waals surface area contributed by atoms with E-state index in [-0.39, 0.29) is 12.0 Å². The van der Waals surface area contributed by atoms with E-state index in [4.69, 9.17) is 9.51 Å². The van der Waals surface area contributed by atoms with Crippen LogP contribution in [0.2, 0.25) is 0 Å². The van der Waals surface area contributed by atoms with Crippen LogP contribution in [0.15, 0.2) is 10.6 Å². The number of nitrogens with zero attached hydrogens (tertiary/aromatic N) is 6. The molecule has 0 N–H and O–H groups in total. The minimum atomic E-state index is 0.135. The van der Waals surface area contributed by atoms with Crippen LogP contribution >= 0.6 is 0 Å². The van der Waals surface area contributed by atoms with Crippen LogP contribution in [0.25, 0.3) is 0 Å². The van der Waals surface area contributed by atoms with Gasteiger partial charge in [0.25, 0.3) is 0 Å². The van der Waals surface area contributed by atoms with E-state index < -0.39 is 0 Å². The summed E-state index contributed by atoms with van der Waals surface area (Å²) >= 11 is 0. The monoisotopic (exact) mass is 358 g/mol. The van der Waals surface area contributed by atoms with Crippen LogP contribution in [0.4, 0.5) is 5.82 Å². The zero-order valence-electron chi connectivity index (χ0n) is 16.7. The Hall–Kier alpha value is -2.02. The minimum Gasteiger partial charge on any atom is -0.354 e. The molecule has 2 aromatic rings. The van der Waals surface area contributed by atoms with Gasteiger partial charge in [0.2, 0.25) is 5.89 Å². The van der Waals surface area contributed by atoms with Crippen molar-refractivity contribution < 1.29 is 4.52 Å². The second-order valence-corrected chi connectivity index (χ2v) is 7.72. The molecule has 3 heterocycles. The van der Waals surface area contributed by atoms with Crippen LogP contribution in [0.5, 0.6) is 0 Å². The standard InChI is InChI=1S/C19H30N6O/c1-12(2)17-20-14(5)11-16(21-17)25-9-7-24(8-10-25)15(6)19-22-18(13(3)4)23-26-19/h11-13,15H,7-10H2,1-6H3/t15-/m0/s1. The summed E-state index contributed by atoms with van der Waals surface area (Å²) in [4.78, 5) is 18.6. The van der Waals surface area contributed by atoms with E-state index in [1.165, 1.54) is 0 Å². The fourth-order valence-corrected chi connectivity index (χ4v) is 3.14. The molecular formula is C19H30N6O. The largest absolute Gasteiger partial charge is 0.354 e. The first-order valence-electron chi connectivity index (χ1n) is 9.53. The average molecular weight is 358 g/mol. The summed E-state index contributed by atoms with van der Waals surface area (Å²) in [5.74, 6) is 4.07. The molecule has 7 nitrogen and oxygen atoms in total. The third-order valence-electron chi connectivity index (χ3n) is 4.89. The maximum absolute atomic E-state index is 5.47. The van der Waals surface area contributed by atoms with E-state index in [0.29, 0.717) is 11.8 Å². The molecule has 0 spiro atoms. The lowest BCUT2D eigenvalue weighted by Gasteiger charge is -2.37. The molecule has 0 saturated carbocycles. The van der Waals surface area contributed by atoms with Gasteiger partial charge in [0.1, 0.15) is 11.6 Å². The normalized spacial score (nSPS) is 17.3. The van der Waals surface area contributed by atoms with E-state index in [0.717, 1.165) is 49.3 Å². The first-order valence-corrected chi connectivity index (χ1v) is 9.53. The Bertz CT molecular complexity index is 733. The first kappa shape index (κ1) is 18.8. The number of hydrogen-bond donors (Lipinski definition) is 0. The zero-order chi connectivity index (χ0) is 18.8. The lowest BCUT2D eigenvalue weighted by atomic mass is 10.2. The van der Waals surface area contributed by atoms with Crippen molar-refractivity contribution in [2.24, 2.45) is 0 Å². The molecule has 7 heteroatoms. The maximum Gasteiger partial charge on any atom is 0.243 e. The predicted molar refractivity (Wildman–Crippen MR) is 101 cm³/mol. The number of hydrogen-bond acceptors (Lipinski definition) is 7. The van der Waals surface area contributed by atoms with Gasteiger partial charge in [0.05, 0.1) is 6.04 Å². The highest BCUT2D eigenvalue weighted by Crippen LogP contribution is 2.24. The number of rotatable bonds is 5. The minimum absolute atomic E-state index is 0.135. The summed E-state index contributed by atoms with van der Waals surface area (Å²) in [5, 5.41) is 4.09. The third kappa shape index (κ3) is 4.03. The summed E-state index contributed by atoms with van der Waals surface area (Å²) < 4.78 is 5.47. The molecular weight excluding hydrogens is 328 g/mol. The van der Waals surface area contributed by atoms with E-state index in [9.17, 15) is 0 Å². The molecule has 0 amide bonds. The quantitative estimate of drug-likeness (QED) is 0.812. The smallest absolute Gasteiger partial charge is 0.243 e. The fraction of sp³-hybridized carbons (Fsp3) is 0.684. The van der Waals surface area contributed by atoms with Crippen molar-refractivity contribution in [2.75, 3.05) is 31.1 Å². The molecule has 26 heavy (non-hydrogen) atoms. The summed E-state index contributed by atoms with van der Waals surface area (Å²) in [7, 11) is 0. The van der Waals surface area contributed by atoms with Crippen molar-refractivity contribution in [1.29, 1.82) is 0 Å². The molecule has 1 saturated heterocycles. The topological polar surface area (TPSA) is 71.2 Å². The molecule has 0 aliphatic carbocycles. The van der Waals surface area contributed by atoms with Crippen LogP contribution < -0.4 is 4.90 Å². The number of aromatic nitrogens is 4. The molecule has 0 unspecified atom stereocenters. The second kappa shape index (κ2) is 7.70. The molecule has 1 aliphatic rings. The molecule has 0 aromatic carbocycles. The van der Waals surface area contributed by atoms with Crippen LogP contribution in [0.1, 0.15) is 75.7 Å². The van der Waals surface area contributed by atoms with Gasteiger partial charge in [-0.15, -0.1) is 0 Å². The summed E-state index contributed by atoms with van der Waals surface area (Å²) in [6, 6.07) is 2.22. The highest BCUT2D eigenvalue weighted by Gasteiger charge is 2.27. The third-order valence-corrected chi connectivity index (χ3v) is 4.89. The molecule has 2 aromatic heterocycles. The van der Waals surface area contributed by atoms with E-state index >= 15 is 0 Å². The summed E-state index contributed by atoms with van der Waals surface area (Å²) in [5.41, 5.74) is 1.03. The van der Waals surface area contributed by atoms with Crippen molar-refractivity contribution in [3.8, 4) is 0 Å². The maximum atomic E-state index is 5.47. The van der Waals surface area contributed by atoms with Crippen molar-refractivity contribution in [2.45, 2.75) is 59.4 Å². The Kier molecular flexibility index (Phi) is 5.55. The van der Waals surface area contributed by atoms with Gasteiger partial charge >= 0.3 is 0 Å². The summed E-state index contributed by atoms with van der Waals surface area (Å²) in [6.07, 6.45) is 0. The van der Waals surface area contributed by atoms with Crippen LogP contribution in [-0.4, -0.2) is 51.2 Å². The molecule has 1 fully saturated rings. The number of anilines is 1. The fourth-order valence-electron chi connectivity index (χ4n) is 3.14. The van der Waals surface area contributed by atoms with Crippen molar-refractivity contribution in [3.63, 3.8) is 0 Å². The van der Waals surface area contributed by atoms with E-state index in [1.807, 2.05) is 6.92 Å². The highest BCUT2D eigenvalue weighted by atomic mass is 16.5. The van der Waals surface area contributed by atoms with Crippen LogP contribution in [0, 0.1) is 6.92 Å². The Morgan fingerprint density at radius 2 is 1.54 bits per heavy atom. The average Bonchev–Trinajstić information content (AvgIpc) is 3.11. The number of piperazine rings is 1. The van der Waals surface area contributed by atoms with Crippen LogP contribution in [-0.2, 0) is 0 Å². The first-order chi connectivity index (χ1) is 12.3. The Labute approximate surface area is 155 Å². The molecule has 0 radical (unpaired) electrons. The van der Waals surface area contributed by atoms with Crippen LogP contribution in [0.3, 0.4) is 0 Å². The van der Waals surface area contributed by atoms with Gasteiger partial charge in [0, 0.05) is 49.8 Å². The lowest BCUT2D eigenvalue weighted by molar-refractivity contribution is 0.164. The Morgan fingerprint density at radius 3 is 2.12 bits per heavy atom. The lowest BCUT2D eigenvalue weighted by Crippen LogP contribution is -2.47. The zero-order valence-corrected chi connectivity index (χ0v) is 16.7. The molecule has 1 atom stereocenters. The molecule has 3 rings (SSSR count). The summed E-state index contributed by atoms with van der Waals surface area (Å²) in [6.45, 7) is 16.4. The van der Waals surface area contributed by atoms with Crippen molar-refractivity contribution in [1.82, 2.24) is 25.0 Å². The highest BCUT2D eigenvalue weighted by molar-refractivity contribution is 5.40. The molecule has 1 aliphatic heterocycles. The second-order valence-electron chi connectivity index (χ2n) is 7.72. The van der Waals surface area contributed by atoms with Gasteiger partial charge < -0.3 is 9.42 Å². The predicted octanol–water partition coefficient (Wildman–Crippen LogP) is 3.30. The van der Waals surface area contributed by atoms with E-state index in [2.05, 4.69) is 65.6 Å².